The average Bonchev–Trinajstić information content (AvgIpc) is 3.19. The number of benzene rings is 2. The van der Waals surface area contributed by atoms with Crippen molar-refractivity contribution in [3.63, 3.8) is 0 Å². The zero-order valence-corrected chi connectivity index (χ0v) is 18.5. The second kappa shape index (κ2) is 7.02. The fourth-order valence-electron chi connectivity index (χ4n) is 5.22. The first-order valence-corrected chi connectivity index (χ1v) is 10.5. The molecule has 31 heavy (non-hydrogen) atoms. The molecule has 2 aromatic carbocycles. The van der Waals surface area contributed by atoms with Crippen LogP contribution in [0.4, 0.5) is 0 Å². The second-order valence-corrected chi connectivity index (χ2v) is 9.65. The topological polar surface area (TPSA) is 86.7 Å². The number of hydrogen-bond donors (Lipinski definition) is 2. The molecule has 2 amide bonds. The van der Waals surface area contributed by atoms with Crippen LogP contribution in [0.1, 0.15) is 49.1 Å². The monoisotopic (exact) mass is 420 g/mol. The molecule has 4 unspecified atom stereocenters. The van der Waals surface area contributed by atoms with E-state index in [1.165, 1.54) is 4.90 Å². The Bertz CT molecular complexity index is 1070. The first-order chi connectivity index (χ1) is 14.5. The molecular formula is C25H28N2O4. The molecule has 2 N–H and O–H groups in total. The minimum atomic E-state index is -1.69. The van der Waals surface area contributed by atoms with Crippen molar-refractivity contribution in [2.24, 2.45) is 11.8 Å². The van der Waals surface area contributed by atoms with Crippen LogP contribution >= 0.6 is 0 Å². The molecule has 0 spiro atoms. The van der Waals surface area contributed by atoms with E-state index in [1.807, 2.05) is 32.0 Å². The van der Waals surface area contributed by atoms with Crippen LogP contribution in [-0.4, -0.2) is 33.3 Å². The third kappa shape index (κ3) is 3.00. The van der Waals surface area contributed by atoms with E-state index >= 15 is 0 Å². The van der Waals surface area contributed by atoms with Gasteiger partial charge in [-0.2, -0.15) is 0 Å². The predicted octanol–water partition coefficient (Wildman–Crippen LogP) is 3.33. The number of fused-ring (bicyclic) bond motifs is 1. The van der Waals surface area contributed by atoms with Crippen molar-refractivity contribution in [3.05, 3.63) is 70.8 Å². The maximum atomic E-state index is 13.7. The summed E-state index contributed by atoms with van der Waals surface area (Å²) in [5, 5.41) is 13.8. The highest BCUT2D eigenvalue weighted by molar-refractivity contribution is 6.10. The Labute approximate surface area is 182 Å². The van der Waals surface area contributed by atoms with Crippen LogP contribution in [0, 0.1) is 25.7 Å². The largest absolute Gasteiger partial charge is 0.480 e. The summed E-state index contributed by atoms with van der Waals surface area (Å²) in [7, 11) is 0. The quantitative estimate of drug-likeness (QED) is 0.744. The number of carbonyl (C=O) groups is 3. The zero-order chi connectivity index (χ0) is 22.7. The molecule has 0 saturated carbocycles. The van der Waals surface area contributed by atoms with Crippen molar-refractivity contribution in [1.82, 2.24) is 10.2 Å². The summed E-state index contributed by atoms with van der Waals surface area (Å²) < 4.78 is 0. The maximum Gasteiger partial charge on any atom is 0.329 e. The zero-order valence-electron chi connectivity index (χ0n) is 18.5. The lowest BCUT2D eigenvalue weighted by atomic mass is 9.75. The Balaban J connectivity index is 1.99. The van der Waals surface area contributed by atoms with Gasteiger partial charge in [0.1, 0.15) is 0 Å². The Morgan fingerprint density at radius 1 is 1.03 bits per heavy atom. The number of nitrogens with one attached hydrogen (secondary N) is 1. The molecule has 2 aromatic rings. The van der Waals surface area contributed by atoms with Gasteiger partial charge in [0.05, 0.1) is 11.8 Å². The van der Waals surface area contributed by atoms with E-state index in [-0.39, 0.29) is 5.91 Å². The number of aryl methyl sites for hydroxylation is 2. The van der Waals surface area contributed by atoms with Gasteiger partial charge in [0, 0.05) is 11.6 Å². The summed E-state index contributed by atoms with van der Waals surface area (Å²) in [6.07, 6.45) is 0. The Morgan fingerprint density at radius 2 is 1.68 bits per heavy atom. The third-order valence-electron chi connectivity index (χ3n) is 6.57. The Hall–Kier alpha value is -2.99. The molecule has 2 saturated heterocycles. The average molecular weight is 421 g/mol. The number of amides is 2. The van der Waals surface area contributed by atoms with Crippen LogP contribution < -0.4 is 5.32 Å². The highest BCUT2D eigenvalue weighted by atomic mass is 16.4. The number of aliphatic carboxylic acids is 1. The lowest BCUT2D eigenvalue weighted by Gasteiger charge is -2.35. The maximum absolute atomic E-state index is 13.7. The molecule has 0 aromatic heterocycles. The van der Waals surface area contributed by atoms with E-state index in [4.69, 9.17) is 0 Å². The van der Waals surface area contributed by atoms with Gasteiger partial charge in [0.15, 0.2) is 5.54 Å². The van der Waals surface area contributed by atoms with E-state index < -0.39 is 40.8 Å². The van der Waals surface area contributed by atoms with Crippen molar-refractivity contribution >= 4 is 17.8 Å². The van der Waals surface area contributed by atoms with Crippen molar-refractivity contribution in [2.45, 2.75) is 51.7 Å². The van der Waals surface area contributed by atoms with Gasteiger partial charge in [0.2, 0.25) is 11.8 Å². The lowest BCUT2D eigenvalue weighted by Crippen LogP contribution is -2.55. The molecule has 4 atom stereocenters. The number of carboxylic acids is 1. The minimum Gasteiger partial charge on any atom is -0.480 e. The predicted molar refractivity (Wildman–Crippen MR) is 116 cm³/mol. The molecule has 0 radical (unpaired) electrons. The van der Waals surface area contributed by atoms with E-state index in [9.17, 15) is 19.5 Å². The molecule has 2 aliphatic rings. The molecule has 2 aliphatic heterocycles. The van der Waals surface area contributed by atoms with E-state index in [2.05, 4.69) is 5.32 Å². The summed E-state index contributed by atoms with van der Waals surface area (Å²) >= 11 is 0. The van der Waals surface area contributed by atoms with Crippen LogP contribution in [0.15, 0.2) is 48.5 Å². The molecule has 162 valence electrons. The number of carbonyl (C=O) groups excluding carboxylic acids is 2. The number of hydrogen-bond acceptors (Lipinski definition) is 4. The highest BCUT2D eigenvalue weighted by Gasteiger charge is 2.70. The SMILES string of the molecule is Cc1ccc(C)c(C2NC(C(=O)O)(c3ccccc3)C3C(=O)N(C(C)(C)C)C(=O)C23)c1. The Morgan fingerprint density at radius 3 is 2.26 bits per heavy atom. The number of likely N-dealkylation sites (tertiary alicyclic amines) is 1. The molecule has 2 fully saturated rings. The molecule has 4 rings (SSSR count). The van der Waals surface area contributed by atoms with Gasteiger partial charge >= 0.3 is 5.97 Å². The molecule has 0 aliphatic carbocycles. The molecule has 6 heteroatoms. The second-order valence-electron chi connectivity index (χ2n) is 9.65. The summed E-state index contributed by atoms with van der Waals surface area (Å²) in [6, 6.07) is 14.1. The van der Waals surface area contributed by atoms with E-state index in [0.717, 1.165) is 16.7 Å². The van der Waals surface area contributed by atoms with E-state index in [0.29, 0.717) is 5.56 Å². The van der Waals surface area contributed by atoms with Crippen LogP contribution in [-0.2, 0) is 19.9 Å². The summed E-state index contributed by atoms with van der Waals surface area (Å²) in [5.74, 6) is -3.75. The third-order valence-corrected chi connectivity index (χ3v) is 6.57. The minimum absolute atomic E-state index is 0.319. The van der Waals surface area contributed by atoms with Gasteiger partial charge in [-0.1, -0.05) is 54.1 Å². The molecule has 6 nitrogen and oxygen atoms in total. The number of rotatable bonds is 3. The normalized spacial score (nSPS) is 28.2. The van der Waals surface area contributed by atoms with Crippen molar-refractivity contribution in [3.8, 4) is 0 Å². The molecular weight excluding hydrogens is 392 g/mol. The number of carboxylic acid groups (broad SMARTS) is 1. The first-order valence-electron chi connectivity index (χ1n) is 10.5. The van der Waals surface area contributed by atoms with Gasteiger partial charge < -0.3 is 5.11 Å². The van der Waals surface area contributed by atoms with Crippen molar-refractivity contribution in [1.29, 1.82) is 0 Å². The Kier molecular flexibility index (Phi) is 4.81. The van der Waals surface area contributed by atoms with Gasteiger partial charge in [-0.15, -0.1) is 0 Å². The fraction of sp³-hybridized carbons (Fsp3) is 0.400. The number of imide groups is 1. The molecule has 0 bridgehead atoms. The molecule has 2 heterocycles. The van der Waals surface area contributed by atoms with Crippen LogP contribution in [0.3, 0.4) is 0 Å². The highest BCUT2D eigenvalue weighted by Crippen LogP contribution is 2.54. The van der Waals surface area contributed by atoms with Crippen molar-refractivity contribution < 1.29 is 19.5 Å². The van der Waals surface area contributed by atoms with Gasteiger partial charge in [0.25, 0.3) is 0 Å². The van der Waals surface area contributed by atoms with Crippen LogP contribution in [0.2, 0.25) is 0 Å². The summed E-state index contributed by atoms with van der Waals surface area (Å²) in [5.41, 5.74) is 0.847. The summed E-state index contributed by atoms with van der Waals surface area (Å²) in [4.78, 5) is 41.4. The first kappa shape index (κ1) is 21.2. The van der Waals surface area contributed by atoms with Crippen molar-refractivity contribution in [2.75, 3.05) is 0 Å². The standard InChI is InChI=1S/C25H28N2O4/c1-14-11-12-15(2)17(13-14)20-18-19(22(29)27(21(18)28)24(3,4)5)25(26-20,23(30)31)16-9-7-6-8-10-16/h6-13,18-20,26H,1-5H3,(H,30,31). The van der Waals surface area contributed by atoms with Gasteiger partial charge in [-0.05, 0) is 51.3 Å². The fourth-order valence-corrected chi connectivity index (χ4v) is 5.22. The summed E-state index contributed by atoms with van der Waals surface area (Å²) in [6.45, 7) is 9.30. The number of nitrogens with zero attached hydrogens (tertiary/aromatic N) is 1. The van der Waals surface area contributed by atoms with Gasteiger partial charge in [-0.25, -0.2) is 4.79 Å². The smallest absolute Gasteiger partial charge is 0.329 e. The van der Waals surface area contributed by atoms with Gasteiger partial charge in [-0.3, -0.25) is 19.8 Å². The van der Waals surface area contributed by atoms with Crippen LogP contribution in [0.5, 0.6) is 0 Å². The lowest BCUT2D eigenvalue weighted by molar-refractivity contribution is -0.154. The van der Waals surface area contributed by atoms with Crippen LogP contribution in [0.25, 0.3) is 0 Å². The van der Waals surface area contributed by atoms with E-state index in [1.54, 1.807) is 51.1 Å².